The molecule has 3 rings (SSSR count). The van der Waals surface area contributed by atoms with Crippen molar-refractivity contribution in [2.24, 2.45) is 0 Å². The van der Waals surface area contributed by atoms with Crippen molar-refractivity contribution in [3.05, 3.63) is 11.7 Å². The molecular weight excluding hydrogens is 214 g/mol. The first-order chi connectivity index (χ1) is 8.34. The predicted octanol–water partition coefficient (Wildman–Crippen LogP) is 2.72. The molecule has 2 heterocycles. The maximum Gasteiger partial charge on any atom is 0.232 e. The van der Waals surface area contributed by atoms with E-state index in [2.05, 4.69) is 22.4 Å². The number of hydrogen-bond acceptors (Lipinski definition) is 4. The Morgan fingerprint density at radius 1 is 1.35 bits per heavy atom. The van der Waals surface area contributed by atoms with E-state index in [1.165, 1.54) is 32.1 Å². The monoisotopic (exact) mass is 235 g/mol. The molecule has 1 aliphatic carbocycles. The molecule has 1 saturated heterocycles. The number of nitrogens with one attached hydrogen (secondary N) is 1. The van der Waals surface area contributed by atoms with Gasteiger partial charge in [-0.3, -0.25) is 0 Å². The summed E-state index contributed by atoms with van der Waals surface area (Å²) in [6, 6.07) is 0.322. The number of rotatable bonds is 3. The smallest absolute Gasteiger partial charge is 0.232 e. The van der Waals surface area contributed by atoms with Crippen LogP contribution in [0.4, 0.5) is 0 Å². The molecule has 1 atom stereocenters. The van der Waals surface area contributed by atoms with Crippen LogP contribution in [-0.2, 0) is 5.41 Å². The first-order valence-electron chi connectivity index (χ1n) is 6.91. The summed E-state index contributed by atoms with van der Waals surface area (Å²) >= 11 is 0. The second kappa shape index (κ2) is 4.41. The van der Waals surface area contributed by atoms with Crippen molar-refractivity contribution >= 4 is 0 Å². The summed E-state index contributed by atoms with van der Waals surface area (Å²) in [5.41, 5.74) is 0.184. The lowest BCUT2D eigenvalue weighted by atomic mass is 9.83. The van der Waals surface area contributed by atoms with E-state index >= 15 is 0 Å². The SMILES string of the molecule is CCC1(c2nc(C3CCCN3)no2)CCCC1. The van der Waals surface area contributed by atoms with E-state index in [-0.39, 0.29) is 5.41 Å². The highest BCUT2D eigenvalue weighted by Crippen LogP contribution is 2.43. The minimum Gasteiger partial charge on any atom is -0.339 e. The van der Waals surface area contributed by atoms with Gasteiger partial charge in [-0.15, -0.1) is 0 Å². The third-order valence-corrected chi connectivity index (χ3v) is 4.50. The summed E-state index contributed by atoms with van der Waals surface area (Å²) in [7, 11) is 0. The zero-order chi connectivity index (χ0) is 11.7. The summed E-state index contributed by atoms with van der Waals surface area (Å²) in [5.74, 6) is 1.76. The Bertz CT molecular complexity index is 376. The largest absolute Gasteiger partial charge is 0.339 e. The Balaban J connectivity index is 1.83. The molecule has 0 radical (unpaired) electrons. The Kier molecular flexibility index (Phi) is 2.90. The molecule has 0 amide bonds. The van der Waals surface area contributed by atoms with Crippen LogP contribution in [0.15, 0.2) is 4.52 Å². The third-order valence-electron chi connectivity index (χ3n) is 4.50. The molecule has 94 valence electrons. The molecule has 4 nitrogen and oxygen atoms in total. The van der Waals surface area contributed by atoms with Gasteiger partial charge in [-0.2, -0.15) is 4.98 Å². The van der Waals surface area contributed by atoms with Crippen molar-refractivity contribution in [3.8, 4) is 0 Å². The van der Waals surface area contributed by atoms with E-state index < -0.39 is 0 Å². The Morgan fingerprint density at radius 2 is 2.18 bits per heavy atom. The van der Waals surface area contributed by atoms with Crippen molar-refractivity contribution < 1.29 is 4.52 Å². The van der Waals surface area contributed by atoms with Gasteiger partial charge in [-0.25, -0.2) is 0 Å². The quantitative estimate of drug-likeness (QED) is 0.875. The highest BCUT2D eigenvalue weighted by Gasteiger charge is 2.39. The molecule has 0 spiro atoms. The lowest BCUT2D eigenvalue weighted by molar-refractivity contribution is 0.271. The normalized spacial score (nSPS) is 27.7. The molecule has 1 aromatic heterocycles. The minimum atomic E-state index is 0.184. The maximum absolute atomic E-state index is 5.55. The van der Waals surface area contributed by atoms with Gasteiger partial charge in [0.25, 0.3) is 0 Å². The van der Waals surface area contributed by atoms with E-state index in [1.54, 1.807) is 0 Å². The van der Waals surface area contributed by atoms with Gasteiger partial charge in [0.2, 0.25) is 5.89 Å². The van der Waals surface area contributed by atoms with E-state index in [0.29, 0.717) is 6.04 Å². The second-order valence-corrected chi connectivity index (χ2v) is 5.45. The van der Waals surface area contributed by atoms with Crippen molar-refractivity contribution in [3.63, 3.8) is 0 Å². The van der Waals surface area contributed by atoms with Crippen LogP contribution in [0.2, 0.25) is 0 Å². The van der Waals surface area contributed by atoms with E-state index in [1.807, 2.05) is 0 Å². The summed E-state index contributed by atoms with van der Waals surface area (Å²) in [5, 5.41) is 7.61. The topological polar surface area (TPSA) is 51.0 Å². The highest BCUT2D eigenvalue weighted by atomic mass is 16.5. The van der Waals surface area contributed by atoms with E-state index in [0.717, 1.165) is 31.1 Å². The molecule has 0 bridgehead atoms. The summed E-state index contributed by atoms with van der Waals surface area (Å²) in [4.78, 5) is 4.68. The number of hydrogen-bond donors (Lipinski definition) is 1. The van der Waals surface area contributed by atoms with Gasteiger partial charge >= 0.3 is 0 Å². The molecule has 1 aromatic rings. The Labute approximate surface area is 102 Å². The Hall–Kier alpha value is -0.900. The standard InChI is InChI=1S/C13H21N3O/c1-2-13(7-3-4-8-13)12-15-11(16-17-12)10-6-5-9-14-10/h10,14H,2-9H2,1H3. The van der Waals surface area contributed by atoms with Crippen LogP contribution >= 0.6 is 0 Å². The van der Waals surface area contributed by atoms with Gasteiger partial charge in [0.05, 0.1) is 6.04 Å². The van der Waals surface area contributed by atoms with Crippen molar-refractivity contribution in [2.45, 2.75) is 63.3 Å². The molecule has 4 heteroatoms. The zero-order valence-corrected chi connectivity index (χ0v) is 10.5. The molecule has 2 fully saturated rings. The number of aromatic nitrogens is 2. The van der Waals surface area contributed by atoms with Gasteiger partial charge < -0.3 is 9.84 Å². The van der Waals surface area contributed by atoms with Gasteiger partial charge in [-0.1, -0.05) is 24.9 Å². The van der Waals surface area contributed by atoms with Crippen LogP contribution in [0, 0.1) is 0 Å². The fourth-order valence-electron chi connectivity index (χ4n) is 3.27. The molecule has 1 saturated carbocycles. The molecule has 1 N–H and O–H groups in total. The van der Waals surface area contributed by atoms with E-state index in [9.17, 15) is 0 Å². The molecule has 1 unspecified atom stereocenters. The summed E-state index contributed by atoms with van der Waals surface area (Å²) < 4.78 is 5.55. The van der Waals surface area contributed by atoms with Crippen LogP contribution in [0.3, 0.4) is 0 Å². The van der Waals surface area contributed by atoms with Crippen molar-refractivity contribution in [1.82, 2.24) is 15.5 Å². The fourth-order valence-corrected chi connectivity index (χ4v) is 3.27. The molecule has 2 aliphatic rings. The first kappa shape index (κ1) is 11.2. The molecule has 17 heavy (non-hydrogen) atoms. The molecule has 1 aliphatic heterocycles. The minimum absolute atomic E-state index is 0.184. The van der Waals surface area contributed by atoms with Crippen LogP contribution in [0.25, 0.3) is 0 Å². The summed E-state index contributed by atoms with van der Waals surface area (Å²) in [6.07, 6.45) is 8.49. The highest BCUT2D eigenvalue weighted by molar-refractivity contribution is 5.09. The van der Waals surface area contributed by atoms with Gasteiger partial charge in [-0.05, 0) is 38.6 Å². The average Bonchev–Trinajstić information content (AvgIpc) is 3.10. The van der Waals surface area contributed by atoms with Gasteiger partial charge in [0.15, 0.2) is 5.82 Å². The maximum atomic E-state index is 5.55. The lowest BCUT2D eigenvalue weighted by Crippen LogP contribution is -2.21. The zero-order valence-electron chi connectivity index (χ0n) is 10.5. The first-order valence-corrected chi connectivity index (χ1v) is 6.91. The van der Waals surface area contributed by atoms with Gasteiger partial charge in [0.1, 0.15) is 0 Å². The van der Waals surface area contributed by atoms with Crippen molar-refractivity contribution in [2.75, 3.05) is 6.54 Å². The number of nitrogens with zero attached hydrogens (tertiary/aromatic N) is 2. The van der Waals surface area contributed by atoms with Crippen LogP contribution in [-0.4, -0.2) is 16.7 Å². The molecule has 0 aromatic carbocycles. The second-order valence-electron chi connectivity index (χ2n) is 5.45. The molecular formula is C13H21N3O. The summed E-state index contributed by atoms with van der Waals surface area (Å²) in [6.45, 7) is 3.32. The predicted molar refractivity (Wildman–Crippen MR) is 64.7 cm³/mol. The average molecular weight is 235 g/mol. The third kappa shape index (κ3) is 1.88. The van der Waals surface area contributed by atoms with Crippen LogP contribution in [0.5, 0.6) is 0 Å². The Morgan fingerprint density at radius 3 is 2.82 bits per heavy atom. The lowest BCUT2D eigenvalue weighted by Gasteiger charge is -2.21. The van der Waals surface area contributed by atoms with Crippen molar-refractivity contribution in [1.29, 1.82) is 0 Å². The van der Waals surface area contributed by atoms with Crippen LogP contribution < -0.4 is 5.32 Å². The van der Waals surface area contributed by atoms with E-state index in [4.69, 9.17) is 4.52 Å². The fraction of sp³-hybridized carbons (Fsp3) is 0.846. The van der Waals surface area contributed by atoms with Gasteiger partial charge in [0, 0.05) is 5.41 Å². The van der Waals surface area contributed by atoms with Crippen LogP contribution in [0.1, 0.15) is 69.6 Å².